The highest BCUT2D eigenvalue weighted by atomic mass is 16.6. The van der Waals surface area contributed by atoms with Gasteiger partial charge in [-0.1, -0.05) is 12.1 Å². The number of non-ortho nitro benzene ring substituents is 1. The van der Waals surface area contributed by atoms with Crippen LogP contribution >= 0.6 is 0 Å². The van der Waals surface area contributed by atoms with Crippen LogP contribution in [0.15, 0.2) is 42.5 Å². The van der Waals surface area contributed by atoms with E-state index in [9.17, 15) is 14.9 Å². The smallest absolute Gasteiger partial charge is 0.269 e. The van der Waals surface area contributed by atoms with Crippen molar-refractivity contribution in [3.05, 3.63) is 58.1 Å². The van der Waals surface area contributed by atoms with E-state index >= 15 is 0 Å². The number of rotatable bonds is 6. The molecule has 0 bridgehead atoms. The van der Waals surface area contributed by atoms with Crippen LogP contribution in [0.3, 0.4) is 0 Å². The first-order valence-electron chi connectivity index (χ1n) is 7.23. The number of amides is 1. The average molecular weight is 330 g/mol. The zero-order chi connectivity index (χ0) is 17.7. The number of hydrogen-bond donors (Lipinski definition) is 1. The molecule has 0 fully saturated rings. The maximum atomic E-state index is 12.5. The molecule has 0 spiro atoms. The summed E-state index contributed by atoms with van der Waals surface area (Å²) in [5.41, 5.74) is 1.16. The van der Waals surface area contributed by atoms with Gasteiger partial charge in [-0.3, -0.25) is 14.9 Å². The zero-order valence-corrected chi connectivity index (χ0v) is 13.6. The first-order chi connectivity index (χ1) is 11.5. The molecule has 2 rings (SSSR count). The van der Waals surface area contributed by atoms with Crippen LogP contribution in [0.5, 0.6) is 11.5 Å². The van der Waals surface area contributed by atoms with Gasteiger partial charge >= 0.3 is 0 Å². The minimum absolute atomic E-state index is 0.0131. The Bertz CT molecular complexity index is 743. The van der Waals surface area contributed by atoms with Crippen molar-refractivity contribution in [3.8, 4) is 11.5 Å². The van der Waals surface area contributed by atoms with Crippen LogP contribution in [-0.4, -0.2) is 25.1 Å². The predicted octanol–water partition coefficient (Wildman–Crippen LogP) is 3.35. The van der Waals surface area contributed by atoms with Gasteiger partial charge in [0, 0.05) is 18.2 Å². The summed E-state index contributed by atoms with van der Waals surface area (Å²) < 4.78 is 10.4. The third-order valence-corrected chi connectivity index (χ3v) is 3.66. The number of ether oxygens (including phenoxy) is 2. The molecule has 0 radical (unpaired) electrons. The second kappa shape index (κ2) is 7.45. The lowest BCUT2D eigenvalue weighted by atomic mass is 10.00. The van der Waals surface area contributed by atoms with Crippen molar-refractivity contribution in [3.63, 3.8) is 0 Å². The molecule has 1 unspecified atom stereocenters. The SMILES string of the molecule is COc1ccc(OC)c(NC(=O)C(C)c2ccc([N+](=O)[O-])cc2)c1. The van der Waals surface area contributed by atoms with Gasteiger partial charge in [0.1, 0.15) is 11.5 Å². The standard InChI is InChI=1S/C17H18N2O5/c1-11(12-4-6-13(7-5-12)19(21)22)17(20)18-15-10-14(23-2)8-9-16(15)24-3/h4-11H,1-3H3,(H,18,20). The highest BCUT2D eigenvalue weighted by Gasteiger charge is 2.18. The molecular formula is C17H18N2O5. The van der Waals surface area contributed by atoms with Crippen molar-refractivity contribution in [2.45, 2.75) is 12.8 Å². The molecule has 0 aromatic heterocycles. The first-order valence-corrected chi connectivity index (χ1v) is 7.23. The van der Waals surface area contributed by atoms with Gasteiger partial charge in [-0.15, -0.1) is 0 Å². The van der Waals surface area contributed by atoms with E-state index < -0.39 is 10.8 Å². The van der Waals surface area contributed by atoms with Gasteiger partial charge in [-0.05, 0) is 24.6 Å². The summed E-state index contributed by atoms with van der Waals surface area (Å²) in [6.07, 6.45) is 0. The van der Waals surface area contributed by atoms with Gasteiger partial charge in [0.15, 0.2) is 0 Å². The second-order valence-electron chi connectivity index (χ2n) is 5.13. The van der Waals surface area contributed by atoms with Gasteiger partial charge < -0.3 is 14.8 Å². The number of carbonyl (C=O) groups is 1. The fourth-order valence-corrected chi connectivity index (χ4v) is 2.19. The fourth-order valence-electron chi connectivity index (χ4n) is 2.19. The summed E-state index contributed by atoms with van der Waals surface area (Å²) in [6.45, 7) is 1.73. The highest BCUT2D eigenvalue weighted by Crippen LogP contribution is 2.30. The minimum atomic E-state index is -0.485. The third kappa shape index (κ3) is 3.81. The summed E-state index contributed by atoms with van der Waals surface area (Å²) in [7, 11) is 3.05. The number of nitrogens with one attached hydrogen (secondary N) is 1. The molecule has 1 atom stereocenters. The molecule has 2 aromatic carbocycles. The molecule has 1 amide bonds. The quantitative estimate of drug-likeness (QED) is 0.648. The zero-order valence-electron chi connectivity index (χ0n) is 13.6. The lowest BCUT2D eigenvalue weighted by molar-refractivity contribution is -0.384. The number of methoxy groups -OCH3 is 2. The molecule has 2 aromatic rings. The minimum Gasteiger partial charge on any atom is -0.497 e. The molecule has 1 N–H and O–H groups in total. The maximum absolute atomic E-state index is 12.5. The van der Waals surface area contributed by atoms with Gasteiger partial charge in [-0.2, -0.15) is 0 Å². The molecular weight excluding hydrogens is 312 g/mol. The predicted molar refractivity (Wildman–Crippen MR) is 89.7 cm³/mol. The van der Waals surface area contributed by atoms with Crippen LogP contribution in [0.1, 0.15) is 18.4 Å². The molecule has 7 nitrogen and oxygen atoms in total. The molecule has 0 saturated carbocycles. The lowest BCUT2D eigenvalue weighted by Crippen LogP contribution is -2.19. The first kappa shape index (κ1) is 17.3. The Balaban J connectivity index is 2.18. The van der Waals surface area contributed by atoms with Crippen molar-refractivity contribution in [2.75, 3.05) is 19.5 Å². The van der Waals surface area contributed by atoms with Crippen molar-refractivity contribution >= 4 is 17.3 Å². The molecule has 126 valence electrons. The summed E-state index contributed by atoms with van der Waals surface area (Å²) in [5.74, 6) is 0.367. The fraction of sp³-hybridized carbons (Fsp3) is 0.235. The Labute approximate surface area is 139 Å². The van der Waals surface area contributed by atoms with Gasteiger partial charge in [0.05, 0.1) is 30.7 Å². The molecule has 7 heteroatoms. The largest absolute Gasteiger partial charge is 0.497 e. The van der Waals surface area contributed by atoms with Gasteiger partial charge in [0.2, 0.25) is 5.91 Å². The molecule has 0 aliphatic rings. The Morgan fingerprint density at radius 3 is 2.33 bits per heavy atom. The van der Waals surface area contributed by atoms with Gasteiger partial charge in [0.25, 0.3) is 5.69 Å². The Morgan fingerprint density at radius 1 is 1.12 bits per heavy atom. The van der Waals surface area contributed by atoms with Crippen LogP contribution in [0.25, 0.3) is 0 Å². The normalized spacial score (nSPS) is 11.5. The van der Waals surface area contributed by atoms with Crippen molar-refractivity contribution in [1.29, 1.82) is 0 Å². The van der Waals surface area contributed by atoms with E-state index in [-0.39, 0.29) is 11.6 Å². The van der Waals surface area contributed by atoms with Crippen LogP contribution in [0.2, 0.25) is 0 Å². The van der Waals surface area contributed by atoms with Crippen LogP contribution in [-0.2, 0) is 4.79 Å². The van der Waals surface area contributed by atoms with E-state index in [1.165, 1.54) is 26.4 Å². The number of hydrogen-bond acceptors (Lipinski definition) is 5. The molecule has 0 heterocycles. The van der Waals surface area contributed by atoms with Crippen molar-refractivity contribution < 1.29 is 19.2 Å². The highest BCUT2D eigenvalue weighted by molar-refractivity contribution is 5.97. The summed E-state index contributed by atoms with van der Waals surface area (Å²) in [5, 5.41) is 13.5. The maximum Gasteiger partial charge on any atom is 0.269 e. The van der Waals surface area contributed by atoms with Crippen LogP contribution in [0, 0.1) is 10.1 Å². The van der Waals surface area contributed by atoms with E-state index in [0.29, 0.717) is 22.7 Å². The number of nitrogens with zero attached hydrogens (tertiary/aromatic N) is 1. The third-order valence-electron chi connectivity index (χ3n) is 3.66. The number of benzene rings is 2. The number of carbonyl (C=O) groups excluding carboxylic acids is 1. The average Bonchev–Trinajstić information content (AvgIpc) is 2.60. The van der Waals surface area contributed by atoms with E-state index in [1.54, 1.807) is 37.3 Å². The van der Waals surface area contributed by atoms with E-state index in [4.69, 9.17) is 9.47 Å². The van der Waals surface area contributed by atoms with Crippen LogP contribution < -0.4 is 14.8 Å². The van der Waals surface area contributed by atoms with Crippen LogP contribution in [0.4, 0.5) is 11.4 Å². The summed E-state index contributed by atoms with van der Waals surface area (Å²) in [6, 6.07) is 11.0. The van der Waals surface area contributed by atoms with E-state index in [2.05, 4.69) is 5.32 Å². The molecule has 0 aliphatic carbocycles. The summed E-state index contributed by atoms with van der Waals surface area (Å²) in [4.78, 5) is 22.7. The molecule has 24 heavy (non-hydrogen) atoms. The number of nitro benzene ring substituents is 1. The Morgan fingerprint density at radius 2 is 1.79 bits per heavy atom. The van der Waals surface area contributed by atoms with Crippen molar-refractivity contribution in [1.82, 2.24) is 0 Å². The topological polar surface area (TPSA) is 90.7 Å². The molecule has 0 saturated heterocycles. The van der Waals surface area contributed by atoms with E-state index in [1.807, 2.05) is 0 Å². The Hall–Kier alpha value is -3.09. The Kier molecular flexibility index (Phi) is 5.36. The van der Waals surface area contributed by atoms with Crippen molar-refractivity contribution in [2.24, 2.45) is 0 Å². The van der Waals surface area contributed by atoms with Gasteiger partial charge in [-0.25, -0.2) is 0 Å². The summed E-state index contributed by atoms with van der Waals surface area (Å²) >= 11 is 0. The number of nitro groups is 1. The van der Waals surface area contributed by atoms with E-state index in [0.717, 1.165) is 0 Å². The number of anilines is 1. The molecule has 0 aliphatic heterocycles. The lowest BCUT2D eigenvalue weighted by Gasteiger charge is -2.15. The monoisotopic (exact) mass is 330 g/mol. The second-order valence-corrected chi connectivity index (χ2v) is 5.13.